The maximum absolute atomic E-state index is 13.9. The van der Waals surface area contributed by atoms with Gasteiger partial charge in [0.1, 0.15) is 16.8 Å². The average molecular weight is 413 g/mol. The van der Waals surface area contributed by atoms with Crippen LogP contribution in [0.2, 0.25) is 5.02 Å². The molecule has 0 saturated carbocycles. The van der Waals surface area contributed by atoms with Gasteiger partial charge in [0.25, 0.3) is 0 Å². The molecule has 0 spiro atoms. The number of hydrogen-bond donors (Lipinski definition) is 2. The molecular formula is C19H22ClFN2O3S. The van der Waals surface area contributed by atoms with Crippen molar-refractivity contribution in [3.8, 4) is 0 Å². The van der Waals surface area contributed by atoms with Crippen LogP contribution in [0.5, 0.6) is 0 Å². The Balaban J connectivity index is 2.19. The van der Waals surface area contributed by atoms with Crippen molar-refractivity contribution in [2.45, 2.75) is 37.8 Å². The van der Waals surface area contributed by atoms with Crippen LogP contribution in [0, 0.1) is 11.7 Å². The van der Waals surface area contributed by atoms with Crippen molar-refractivity contribution < 1.29 is 17.6 Å². The second-order valence-corrected chi connectivity index (χ2v) is 8.68. The van der Waals surface area contributed by atoms with E-state index in [2.05, 4.69) is 10.0 Å². The lowest BCUT2D eigenvalue weighted by molar-refractivity contribution is -0.124. The first-order valence-corrected chi connectivity index (χ1v) is 10.3. The van der Waals surface area contributed by atoms with Gasteiger partial charge < -0.3 is 5.32 Å². The minimum Gasteiger partial charge on any atom is -0.348 e. The van der Waals surface area contributed by atoms with Crippen molar-refractivity contribution in [2.24, 2.45) is 5.92 Å². The fourth-order valence-electron chi connectivity index (χ4n) is 2.55. The van der Waals surface area contributed by atoms with E-state index in [4.69, 9.17) is 11.6 Å². The molecule has 0 heterocycles. The number of hydrogen-bond acceptors (Lipinski definition) is 3. The molecule has 5 nitrogen and oxygen atoms in total. The summed E-state index contributed by atoms with van der Waals surface area (Å²) in [6, 6.07) is 10.6. The zero-order valence-electron chi connectivity index (χ0n) is 15.2. The molecular weight excluding hydrogens is 391 g/mol. The lowest BCUT2D eigenvalue weighted by Gasteiger charge is -2.24. The first kappa shape index (κ1) is 21.3. The highest BCUT2D eigenvalue weighted by Gasteiger charge is 2.30. The van der Waals surface area contributed by atoms with Crippen LogP contribution in [-0.4, -0.2) is 20.4 Å². The molecule has 2 aromatic rings. The summed E-state index contributed by atoms with van der Waals surface area (Å²) < 4.78 is 41.2. The first-order valence-electron chi connectivity index (χ1n) is 8.44. The predicted molar refractivity (Wildman–Crippen MR) is 103 cm³/mol. The third-order valence-electron chi connectivity index (χ3n) is 4.06. The van der Waals surface area contributed by atoms with E-state index < -0.39 is 32.7 Å². The van der Waals surface area contributed by atoms with Gasteiger partial charge in [0.05, 0.1) is 6.04 Å². The Kier molecular flexibility index (Phi) is 6.97. The number of amides is 1. The molecule has 0 radical (unpaired) electrons. The molecule has 0 aliphatic rings. The first-order chi connectivity index (χ1) is 12.6. The summed E-state index contributed by atoms with van der Waals surface area (Å²) in [6.07, 6.45) is 0. The van der Waals surface area contributed by atoms with Gasteiger partial charge in [-0.3, -0.25) is 4.79 Å². The average Bonchev–Trinajstić information content (AvgIpc) is 2.59. The Labute approximate surface area is 164 Å². The summed E-state index contributed by atoms with van der Waals surface area (Å²) >= 11 is 5.97. The topological polar surface area (TPSA) is 75.3 Å². The predicted octanol–water partition coefficient (Wildman–Crippen LogP) is 3.66. The summed E-state index contributed by atoms with van der Waals surface area (Å²) in [5, 5.41) is 3.31. The lowest BCUT2D eigenvalue weighted by atomic mass is 10.0. The van der Waals surface area contributed by atoms with E-state index in [9.17, 15) is 17.6 Å². The van der Waals surface area contributed by atoms with E-state index in [1.165, 1.54) is 12.1 Å². The molecule has 2 unspecified atom stereocenters. The summed E-state index contributed by atoms with van der Waals surface area (Å²) in [7, 11) is -4.19. The number of nitrogens with one attached hydrogen (secondary N) is 2. The van der Waals surface area contributed by atoms with Crippen LogP contribution in [0.1, 0.15) is 32.4 Å². The zero-order chi connectivity index (χ0) is 20.2. The standard InChI is InChI=1S/C19H22ClFN2O3S/c1-12(2)18(23-27(25,26)17-10-5-4-9-16(17)21)19(24)22-13(3)14-7-6-8-15(20)11-14/h4-13,18,23H,1-3H3,(H,22,24). The minimum absolute atomic E-state index is 0.349. The molecule has 0 bridgehead atoms. The molecule has 2 N–H and O–H groups in total. The molecule has 146 valence electrons. The Morgan fingerprint density at radius 2 is 1.74 bits per heavy atom. The Morgan fingerprint density at radius 1 is 1.07 bits per heavy atom. The number of rotatable bonds is 7. The Bertz CT molecular complexity index is 919. The van der Waals surface area contributed by atoms with Crippen LogP contribution < -0.4 is 10.0 Å². The maximum Gasteiger partial charge on any atom is 0.244 e. The van der Waals surface area contributed by atoms with E-state index in [0.717, 1.165) is 17.7 Å². The minimum atomic E-state index is -4.19. The summed E-state index contributed by atoms with van der Waals surface area (Å²) in [5.74, 6) is -1.73. The van der Waals surface area contributed by atoms with Gasteiger partial charge in [-0.1, -0.05) is 49.7 Å². The van der Waals surface area contributed by atoms with E-state index in [1.807, 2.05) is 6.07 Å². The van der Waals surface area contributed by atoms with Crippen LogP contribution in [0.25, 0.3) is 0 Å². The number of benzene rings is 2. The molecule has 0 aliphatic carbocycles. The third kappa shape index (κ3) is 5.51. The molecule has 0 aliphatic heterocycles. The molecule has 0 aromatic heterocycles. The molecule has 2 atom stereocenters. The fraction of sp³-hybridized carbons (Fsp3) is 0.316. The second-order valence-electron chi connectivity index (χ2n) is 6.56. The van der Waals surface area contributed by atoms with E-state index in [1.54, 1.807) is 39.0 Å². The van der Waals surface area contributed by atoms with Crippen molar-refractivity contribution in [1.29, 1.82) is 0 Å². The van der Waals surface area contributed by atoms with Gasteiger partial charge in [-0.25, -0.2) is 12.8 Å². The van der Waals surface area contributed by atoms with Gasteiger partial charge in [-0.15, -0.1) is 0 Å². The van der Waals surface area contributed by atoms with E-state index in [0.29, 0.717) is 5.02 Å². The quantitative estimate of drug-likeness (QED) is 0.728. The number of carbonyl (C=O) groups excluding carboxylic acids is 1. The van der Waals surface area contributed by atoms with E-state index >= 15 is 0 Å². The van der Waals surface area contributed by atoms with Gasteiger partial charge in [-0.05, 0) is 42.7 Å². The fourth-order valence-corrected chi connectivity index (χ4v) is 4.17. The van der Waals surface area contributed by atoms with Crippen molar-refractivity contribution in [2.75, 3.05) is 0 Å². The summed E-state index contributed by atoms with van der Waals surface area (Å²) in [4.78, 5) is 12.2. The van der Waals surface area contributed by atoms with Crippen LogP contribution in [0.4, 0.5) is 4.39 Å². The SMILES string of the molecule is CC(NC(=O)C(NS(=O)(=O)c1ccccc1F)C(C)C)c1cccc(Cl)c1. The normalized spacial score (nSPS) is 14.0. The highest BCUT2D eigenvalue weighted by Crippen LogP contribution is 2.19. The lowest BCUT2D eigenvalue weighted by Crippen LogP contribution is -2.50. The van der Waals surface area contributed by atoms with Gasteiger partial charge in [0, 0.05) is 5.02 Å². The summed E-state index contributed by atoms with van der Waals surface area (Å²) in [5.41, 5.74) is 0.787. The largest absolute Gasteiger partial charge is 0.348 e. The highest BCUT2D eigenvalue weighted by atomic mass is 35.5. The van der Waals surface area contributed by atoms with E-state index in [-0.39, 0.29) is 12.0 Å². The number of carbonyl (C=O) groups is 1. The molecule has 8 heteroatoms. The van der Waals surface area contributed by atoms with Crippen molar-refractivity contribution in [3.05, 3.63) is 64.9 Å². The molecule has 0 fully saturated rings. The van der Waals surface area contributed by atoms with Crippen molar-refractivity contribution in [1.82, 2.24) is 10.0 Å². The number of sulfonamides is 1. The van der Waals surface area contributed by atoms with Crippen molar-refractivity contribution >= 4 is 27.5 Å². The Morgan fingerprint density at radius 3 is 2.33 bits per heavy atom. The molecule has 27 heavy (non-hydrogen) atoms. The molecule has 2 rings (SSSR count). The van der Waals surface area contributed by atoms with Crippen molar-refractivity contribution in [3.63, 3.8) is 0 Å². The smallest absolute Gasteiger partial charge is 0.244 e. The maximum atomic E-state index is 13.9. The summed E-state index contributed by atoms with van der Waals surface area (Å²) in [6.45, 7) is 5.18. The third-order valence-corrected chi connectivity index (χ3v) is 5.77. The van der Waals surface area contributed by atoms with Crippen LogP contribution >= 0.6 is 11.6 Å². The highest BCUT2D eigenvalue weighted by molar-refractivity contribution is 7.89. The molecule has 1 amide bonds. The van der Waals surface area contributed by atoms with Gasteiger partial charge in [0.2, 0.25) is 15.9 Å². The van der Waals surface area contributed by atoms with Gasteiger partial charge in [-0.2, -0.15) is 4.72 Å². The Hall–Kier alpha value is -1.96. The van der Waals surface area contributed by atoms with Gasteiger partial charge in [0.15, 0.2) is 0 Å². The molecule has 2 aromatic carbocycles. The monoisotopic (exact) mass is 412 g/mol. The van der Waals surface area contributed by atoms with Crippen LogP contribution in [0.3, 0.4) is 0 Å². The number of halogens is 2. The molecule has 0 saturated heterocycles. The van der Waals surface area contributed by atoms with Crippen LogP contribution in [-0.2, 0) is 14.8 Å². The zero-order valence-corrected chi connectivity index (χ0v) is 16.8. The van der Waals surface area contributed by atoms with Gasteiger partial charge >= 0.3 is 0 Å². The second kappa shape index (κ2) is 8.82. The van der Waals surface area contributed by atoms with Crippen LogP contribution in [0.15, 0.2) is 53.4 Å².